The van der Waals surface area contributed by atoms with Gasteiger partial charge in [-0.15, -0.1) is 5.10 Å². The van der Waals surface area contributed by atoms with Crippen LogP contribution >= 0.6 is 0 Å². The van der Waals surface area contributed by atoms with Crippen molar-refractivity contribution in [2.24, 2.45) is 0 Å². The van der Waals surface area contributed by atoms with Crippen LogP contribution < -0.4 is 5.32 Å². The molecule has 1 amide bonds. The van der Waals surface area contributed by atoms with E-state index in [0.717, 1.165) is 6.07 Å². The molecule has 2 rings (SSSR count). The van der Waals surface area contributed by atoms with Crippen LogP contribution in [-0.2, 0) is 11.2 Å². The molecule has 94 valence electrons. The number of aryl methyl sites for hydroxylation is 1. The molecule has 7 heteroatoms. The zero-order valence-corrected chi connectivity index (χ0v) is 9.50. The van der Waals surface area contributed by atoms with Crippen LogP contribution in [0.4, 0.5) is 14.7 Å². The molecule has 18 heavy (non-hydrogen) atoms. The molecular weight excluding hydrogens is 242 g/mol. The fourth-order valence-corrected chi connectivity index (χ4v) is 1.43. The smallest absolute Gasteiger partial charge is 0.248 e. The molecule has 2 N–H and O–H groups in total. The molecule has 0 radical (unpaired) electrons. The molecule has 0 atom stereocenters. The van der Waals surface area contributed by atoms with Crippen LogP contribution in [0.3, 0.4) is 0 Å². The van der Waals surface area contributed by atoms with E-state index in [9.17, 15) is 13.6 Å². The zero-order valence-electron chi connectivity index (χ0n) is 9.50. The number of amides is 1. The predicted molar refractivity (Wildman–Crippen MR) is 59.8 cm³/mol. The molecule has 0 unspecified atom stereocenters. The van der Waals surface area contributed by atoms with Crippen LogP contribution in [0.1, 0.15) is 11.4 Å². The maximum atomic E-state index is 13.3. The molecule has 5 nitrogen and oxygen atoms in total. The first-order valence-electron chi connectivity index (χ1n) is 5.18. The first-order chi connectivity index (χ1) is 8.56. The summed E-state index contributed by atoms with van der Waals surface area (Å²) in [6.45, 7) is 1.68. The Hall–Kier alpha value is -2.31. The summed E-state index contributed by atoms with van der Waals surface area (Å²) in [5.41, 5.74) is -0.0141. The number of aromatic nitrogens is 3. The Balaban J connectivity index is 2.05. The Bertz CT molecular complexity index is 582. The highest BCUT2D eigenvalue weighted by Gasteiger charge is 2.12. The highest BCUT2D eigenvalue weighted by molar-refractivity contribution is 5.90. The quantitative estimate of drug-likeness (QED) is 0.871. The zero-order chi connectivity index (χ0) is 13.1. The molecule has 0 aliphatic rings. The second kappa shape index (κ2) is 4.91. The molecule has 0 spiro atoms. The molecule has 1 aromatic heterocycles. The molecule has 2 aromatic rings. The lowest BCUT2D eigenvalue weighted by Crippen LogP contribution is -2.16. The van der Waals surface area contributed by atoms with E-state index in [1.54, 1.807) is 6.92 Å². The Morgan fingerprint density at radius 2 is 2.22 bits per heavy atom. The summed E-state index contributed by atoms with van der Waals surface area (Å²) in [7, 11) is 0. The van der Waals surface area contributed by atoms with Gasteiger partial charge in [0, 0.05) is 5.56 Å². The van der Waals surface area contributed by atoms with Crippen molar-refractivity contribution in [2.75, 3.05) is 5.32 Å². The molecule has 0 bridgehead atoms. The van der Waals surface area contributed by atoms with Gasteiger partial charge in [0.2, 0.25) is 11.9 Å². The summed E-state index contributed by atoms with van der Waals surface area (Å²) >= 11 is 0. The van der Waals surface area contributed by atoms with Gasteiger partial charge in [0.05, 0.1) is 6.42 Å². The van der Waals surface area contributed by atoms with Crippen LogP contribution in [0, 0.1) is 18.6 Å². The minimum absolute atomic E-state index is 0.0141. The van der Waals surface area contributed by atoms with Crippen LogP contribution in [0.25, 0.3) is 0 Å². The van der Waals surface area contributed by atoms with E-state index in [1.807, 2.05) is 0 Å². The van der Waals surface area contributed by atoms with Crippen molar-refractivity contribution >= 4 is 11.9 Å². The lowest BCUT2D eigenvalue weighted by molar-refractivity contribution is -0.115. The van der Waals surface area contributed by atoms with E-state index in [1.165, 1.54) is 12.1 Å². The molecular formula is C11H10F2N4O. The van der Waals surface area contributed by atoms with Gasteiger partial charge >= 0.3 is 0 Å². The molecule has 1 aromatic carbocycles. The average molecular weight is 252 g/mol. The molecule has 0 aliphatic carbocycles. The van der Waals surface area contributed by atoms with Gasteiger partial charge in [0.1, 0.15) is 5.82 Å². The third kappa shape index (κ3) is 2.68. The number of carbonyl (C=O) groups is 1. The number of rotatable bonds is 3. The Morgan fingerprint density at radius 1 is 1.44 bits per heavy atom. The predicted octanol–water partition coefficient (Wildman–Crippen LogP) is 1.57. The summed E-state index contributed by atoms with van der Waals surface area (Å²) in [5, 5.41) is 8.63. The molecule has 0 fully saturated rings. The van der Waals surface area contributed by atoms with Gasteiger partial charge in [-0.3, -0.25) is 15.2 Å². The lowest BCUT2D eigenvalue weighted by Gasteiger charge is -2.03. The van der Waals surface area contributed by atoms with Crippen molar-refractivity contribution in [3.63, 3.8) is 0 Å². The Kier molecular flexibility index (Phi) is 3.31. The van der Waals surface area contributed by atoms with Crippen molar-refractivity contribution in [1.82, 2.24) is 15.2 Å². The molecule has 0 saturated carbocycles. The van der Waals surface area contributed by atoms with Crippen molar-refractivity contribution in [1.29, 1.82) is 0 Å². The first-order valence-corrected chi connectivity index (χ1v) is 5.18. The van der Waals surface area contributed by atoms with E-state index in [0.29, 0.717) is 5.82 Å². The average Bonchev–Trinajstić information content (AvgIpc) is 2.70. The van der Waals surface area contributed by atoms with E-state index in [-0.39, 0.29) is 17.9 Å². The summed E-state index contributed by atoms with van der Waals surface area (Å²) in [6.07, 6.45) is -0.281. The third-order valence-corrected chi connectivity index (χ3v) is 2.23. The van der Waals surface area contributed by atoms with Gasteiger partial charge in [-0.25, -0.2) is 8.78 Å². The van der Waals surface area contributed by atoms with E-state index in [4.69, 9.17) is 0 Å². The van der Waals surface area contributed by atoms with Crippen molar-refractivity contribution in [3.8, 4) is 0 Å². The summed E-state index contributed by atoms with van der Waals surface area (Å²) in [4.78, 5) is 15.4. The van der Waals surface area contributed by atoms with Crippen molar-refractivity contribution < 1.29 is 13.6 Å². The van der Waals surface area contributed by atoms with Gasteiger partial charge in [-0.05, 0) is 13.0 Å². The second-order valence-electron chi connectivity index (χ2n) is 3.68. The second-order valence-corrected chi connectivity index (χ2v) is 3.68. The Morgan fingerprint density at radius 3 is 2.89 bits per heavy atom. The first kappa shape index (κ1) is 12.2. The SMILES string of the molecule is Cc1nc(NC(=O)Cc2cccc(F)c2F)n[nH]1. The van der Waals surface area contributed by atoms with E-state index in [2.05, 4.69) is 20.5 Å². The van der Waals surface area contributed by atoms with Crippen molar-refractivity contribution in [2.45, 2.75) is 13.3 Å². The molecule has 1 heterocycles. The van der Waals surface area contributed by atoms with Gasteiger partial charge in [0.15, 0.2) is 11.6 Å². The monoisotopic (exact) mass is 252 g/mol. The summed E-state index contributed by atoms with van der Waals surface area (Å²) in [6, 6.07) is 3.69. The van der Waals surface area contributed by atoms with Crippen LogP contribution in [0.15, 0.2) is 18.2 Å². The van der Waals surface area contributed by atoms with Crippen LogP contribution in [-0.4, -0.2) is 21.1 Å². The Labute approximate surface area is 101 Å². The normalized spacial score (nSPS) is 10.4. The molecule has 0 saturated heterocycles. The van der Waals surface area contributed by atoms with Gasteiger partial charge in [0.25, 0.3) is 0 Å². The number of nitrogens with one attached hydrogen (secondary N) is 2. The number of hydrogen-bond acceptors (Lipinski definition) is 3. The fraction of sp³-hybridized carbons (Fsp3) is 0.182. The topological polar surface area (TPSA) is 70.7 Å². The maximum absolute atomic E-state index is 13.3. The number of benzene rings is 1. The standard InChI is InChI=1S/C11H10F2N4O/c1-6-14-11(17-16-6)15-9(18)5-7-3-2-4-8(12)10(7)13/h2-4H,5H2,1H3,(H2,14,15,16,17,18). The third-order valence-electron chi connectivity index (χ3n) is 2.23. The van der Waals surface area contributed by atoms with E-state index >= 15 is 0 Å². The number of aromatic amines is 1. The number of hydrogen-bond donors (Lipinski definition) is 2. The number of anilines is 1. The number of carbonyl (C=O) groups excluding carboxylic acids is 1. The highest BCUT2D eigenvalue weighted by atomic mass is 19.2. The highest BCUT2D eigenvalue weighted by Crippen LogP contribution is 2.12. The summed E-state index contributed by atoms with van der Waals surface area (Å²) < 4.78 is 26.2. The summed E-state index contributed by atoms with van der Waals surface area (Å²) in [5.74, 6) is -1.86. The van der Waals surface area contributed by atoms with Crippen LogP contribution in [0.5, 0.6) is 0 Å². The van der Waals surface area contributed by atoms with E-state index < -0.39 is 17.5 Å². The minimum atomic E-state index is -1.01. The largest absolute Gasteiger partial charge is 0.293 e. The fourth-order valence-electron chi connectivity index (χ4n) is 1.43. The van der Waals surface area contributed by atoms with Crippen molar-refractivity contribution in [3.05, 3.63) is 41.2 Å². The lowest BCUT2D eigenvalue weighted by atomic mass is 10.1. The molecule has 0 aliphatic heterocycles. The maximum Gasteiger partial charge on any atom is 0.248 e. The van der Waals surface area contributed by atoms with Gasteiger partial charge in [-0.2, -0.15) is 4.98 Å². The van der Waals surface area contributed by atoms with Gasteiger partial charge in [-0.1, -0.05) is 12.1 Å². The number of halogens is 2. The number of nitrogens with zero attached hydrogens (tertiary/aromatic N) is 2. The minimum Gasteiger partial charge on any atom is -0.293 e. The number of H-pyrrole nitrogens is 1. The van der Waals surface area contributed by atoms with Crippen LogP contribution in [0.2, 0.25) is 0 Å². The van der Waals surface area contributed by atoms with Gasteiger partial charge < -0.3 is 0 Å².